The van der Waals surface area contributed by atoms with E-state index in [2.05, 4.69) is 10.4 Å². The minimum atomic E-state index is -0.241. The van der Waals surface area contributed by atoms with Gasteiger partial charge in [-0.25, -0.2) is 4.68 Å². The van der Waals surface area contributed by atoms with Crippen molar-refractivity contribution in [1.29, 1.82) is 0 Å². The summed E-state index contributed by atoms with van der Waals surface area (Å²) in [5.74, 6) is 0.342. The van der Waals surface area contributed by atoms with Crippen LogP contribution in [0.3, 0.4) is 0 Å². The van der Waals surface area contributed by atoms with Crippen molar-refractivity contribution >= 4 is 17.5 Å². The van der Waals surface area contributed by atoms with Crippen molar-refractivity contribution < 1.29 is 9.53 Å². The fraction of sp³-hybridized carbons (Fsp3) is 0.167. The van der Waals surface area contributed by atoms with E-state index in [-0.39, 0.29) is 18.7 Å². The summed E-state index contributed by atoms with van der Waals surface area (Å²) in [6.45, 7) is 4.07. The molecular formula is C24H23ClN4O2. The first-order valence-electron chi connectivity index (χ1n) is 9.96. The lowest BCUT2D eigenvalue weighted by Crippen LogP contribution is -2.27. The van der Waals surface area contributed by atoms with Crippen molar-refractivity contribution in [2.24, 2.45) is 0 Å². The van der Waals surface area contributed by atoms with Gasteiger partial charge in [0, 0.05) is 24.3 Å². The molecule has 0 aliphatic heterocycles. The highest BCUT2D eigenvalue weighted by Crippen LogP contribution is 2.25. The fourth-order valence-corrected chi connectivity index (χ4v) is 3.38. The molecule has 2 aromatic heterocycles. The first-order valence-corrected chi connectivity index (χ1v) is 10.3. The Kier molecular flexibility index (Phi) is 6.09. The van der Waals surface area contributed by atoms with Gasteiger partial charge in [-0.05, 0) is 67.4 Å². The highest BCUT2D eigenvalue weighted by Gasteiger charge is 2.14. The average Bonchev–Trinajstić information content (AvgIpc) is 3.47. The number of ether oxygens (including phenoxy) is 1. The molecule has 6 nitrogen and oxygen atoms in total. The van der Waals surface area contributed by atoms with Gasteiger partial charge in [0.05, 0.1) is 11.1 Å². The van der Waals surface area contributed by atoms with Crippen molar-refractivity contribution in [2.45, 2.75) is 26.6 Å². The number of amides is 1. The summed E-state index contributed by atoms with van der Waals surface area (Å²) in [5.41, 5.74) is 3.46. The predicted molar refractivity (Wildman–Crippen MR) is 121 cm³/mol. The number of aromatic nitrogens is 3. The maximum atomic E-state index is 12.6. The Morgan fingerprint density at radius 2 is 1.84 bits per heavy atom. The Labute approximate surface area is 186 Å². The number of hydrogen-bond acceptors (Lipinski definition) is 3. The molecule has 4 aromatic rings. The summed E-state index contributed by atoms with van der Waals surface area (Å²) >= 11 is 6.15. The van der Waals surface area contributed by atoms with Gasteiger partial charge in [0.1, 0.15) is 11.4 Å². The van der Waals surface area contributed by atoms with E-state index in [1.807, 2.05) is 79.3 Å². The molecule has 1 atom stereocenters. The van der Waals surface area contributed by atoms with Crippen LogP contribution in [0.25, 0.3) is 5.69 Å². The quantitative estimate of drug-likeness (QED) is 0.437. The molecule has 1 amide bonds. The van der Waals surface area contributed by atoms with Crippen LogP contribution in [-0.2, 0) is 6.73 Å². The molecule has 0 saturated heterocycles. The van der Waals surface area contributed by atoms with Crippen LogP contribution in [0.5, 0.6) is 5.75 Å². The Bertz CT molecular complexity index is 1170. The summed E-state index contributed by atoms with van der Waals surface area (Å²) in [6.07, 6.45) is 5.69. The van der Waals surface area contributed by atoms with E-state index < -0.39 is 0 Å². The van der Waals surface area contributed by atoms with Crippen LogP contribution in [0, 0.1) is 6.92 Å². The molecule has 1 unspecified atom stereocenters. The van der Waals surface area contributed by atoms with Crippen molar-refractivity contribution in [3.05, 3.63) is 101 Å². The lowest BCUT2D eigenvalue weighted by atomic mass is 10.1. The van der Waals surface area contributed by atoms with E-state index in [4.69, 9.17) is 16.3 Å². The van der Waals surface area contributed by atoms with Gasteiger partial charge in [-0.15, -0.1) is 0 Å². The molecule has 2 aromatic carbocycles. The number of nitrogens with one attached hydrogen (secondary N) is 1. The second kappa shape index (κ2) is 9.10. The first-order chi connectivity index (χ1) is 15.0. The largest absolute Gasteiger partial charge is 0.470 e. The summed E-state index contributed by atoms with van der Waals surface area (Å²) in [4.78, 5) is 12.6. The van der Waals surface area contributed by atoms with E-state index in [1.165, 1.54) is 0 Å². The van der Waals surface area contributed by atoms with Crippen molar-refractivity contribution in [3.8, 4) is 11.4 Å². The maximum Gasteiger partial charge on any atom is 0.272 e. The summed E-state index contributed by atoms with van der Waals surface area (Å²) in [6, 6.07) is 19.1. The van der Waals surface area contributed by atoms with E-state index in [0.29, 0.717) is 16.5 Å². The van der Waals surface area contributed by atoms with Crippen LogP contribution in [0.15, 0.2) is 79.3 Å². The zero-order valence-corrected chi connectivity index (χ0v) is 18.1. The van der Waals surface area contributed by atoms with E-state index in [9.17, 15) is 4.79 Å². The molecule has 0 radical (unpaired) electrons. The van der Waals surface area contributed by atoms with Crippen LogP contribution >= 0.6 is 11.6 Å². The SMILES string of the molecule is Cc1ccc(Cl)c(OCn2ccc(C(=O)NC(C)c3ccc(-n4cccc4)cc3)n2)c1. The molecule has 2 heterocycles. The predicted octanol–water partition coefficient (Wildman–Crippen LogP) is 5.16. The number of hydrogen-bond donors (Lipinski definition) is 1. The average molecular weight is 435 g/mol. The van der Waals surface area contributed by atoms with Crippen LogP contribution in [0.1, 0.15) is 34.6 Å². The second-order valence-corrected chi connectivity index (χ2v) is 7.73. The van der Waals surface area contributed by atoms with Crippen molar-refractivity contribution in [1.82, 2.24) is 19.7 Å². The van der Waals surface area contributed by atoms with Gasteiger partial charge in [0.2, 0.25) is 0 Å². The fourth-order valence-electron chi connectivity index (χ4n) is 3.21. The van der Waals surface area contributed by atoms with Gasteiger partial charge in [-0.3, -0.25) is 4.79 Å². The Hall–Kier alpha value is -3.51. The van der Waals surface area contributed by atoms with Gasteiger partial charge >= 0.3 is 0 Å². The third kappa shape index (κ3) is 4.98. The normalized spacial score (nSPS) is 11.8. The second-order valence-electron chi connectivity index (χ2n) is 7.32. The summed E-state index contributed by atoms with van der Waals surface area (Å²) < 4.78 is 9.32. The number of benzene rings is 2. The third-order valence-electron chi connectivity index (χ3n) is 4.96. The van der Waals surface area contributed by atoms with Crippen LogP contribution < -0.4 is 10.1 Å². The molecule has 0 fully saturated rings. The van der Waals surface area contributed by atoms with Crippen LogP contribution in [0.2, 0.25) is 5.02 Å². The van der Waals surface area contributed by atoms with E-state index >= 15 is 0 Å². The lowest BCUT2D eigenvalue weighted by Gasteiger charge is -2.14. The molecule has 0 bridgehead atoms. The Morgan fingerprint density at radius 3 is 2.58 bits per heavy atom. The lowest BCUT2D eigenvalue weighted by molar-refractivity contribution is 0.0932. The number of aryl methyl sites for hydroxylation is 1. The number of carbonyl (C=O) groups is 1. The van der Waals surface area contributed by atoms with Crippen LogP contribution in [-0.4, -0.2) is 20.3 Å². The number of halogens is 1. The molecule has 7 heteroatoms. The highest BCUT2D eigenvalue weighted by atomic mass is 35.5. The van der Waals surface area contributed by atoms with Gasteiger partial charge in [0.15, 0.2) is 6.73 Å². The minimum absolute atomic E-state index is 0.154. The number of carbonyl (C=O) groups excluding carboxylic acids is 1. The monoisotopic (exact) mass is 434 g/mol. The molecule has 1 N–H and O–H groups in total. The molecule has 0 spiro atoms. The summed E-state index contributed by atoms with van der Waals surface area (Å²) in [7, 11) is 0. The van der Waals surface area contributed by atoms with Gasteiger partial charge in [0.25, 0.3) is 5.91 Å². The molecule has 4 rings (SSSR count). The van der Waals surface area contributed by atoms with Crippen LogP contribution in [0.4, 0.5) is 0 Å². The molecule has 0 saturated carbocycles. The molecule has 31 heavy (non-hydrogen) atoms. The minimum Gasteiger partial charge on any atom is -0.470 e. The number of nitrogens with zero attached hydrogens (tertiary/aromatic N) is 3. The molecule has 0 aliphatic carbocycles. The Morgan fingerprint density at radius 1 is 1.10 bits per heavy atom. The van der Waals surface area contributed by atoms with Crippen molar-refractivity contribution in [2.75, 3.05) is 0 Å². The molecule has 158 valence electrons. The smallest absolute Gasteiger partial charge is 0.272 e. The van der Waals surface area contributed by atoms with E-state index in [0.717, 1.165) is 16.8 Å². The van der Waals surface area contributed by atoms with Gasteiger partial charge in [-0.2, -0.15) is 5.10 Å². The zero-order chi connectivity index (χ0) is 21.8. The standard InChI is InChI=1S/C24H23ClN4O2/c1-17-5-10-21(25)23(15-17)31-16-29-14-11-22(27-29)24(30)26-18(2)19-6-8-20(9-7-19)28-12-3-4-13-28/h3-15,18H,16H2,1-2H3,(H,26,30). The number of rotatable bonds is 7. The Balaban J connectivity index is 1.35. The maximum absolute atomic E-state index is 12.6. The van der Waals surface area contributed by atoms with Gasteiger partial charge in [-0.1, -0.05) is 29.8 Å². The molecule has 0 aliphatic rings. The first kappa shape index (κ1) is 20.8. The van der Waals surface area contributed by atoms with Gasteiger partial charge < -0.3 is 14.6 Å². The highest BCUT2D eigenvalue weighted by molar-refractivity contribution is 6.32. The molecular weight excluding hydrogens is 412 g/mol. The zero-order valence-electron chi connectivity index (χ0n) is 17.3. The van der Waals surface area contributed by atoms with Crippen molar-refractivity contribution in [3.63, 3.8) is 0 Å². The topological polar surface area (TPSA) is 61.1 Å². The summed E-state index contributed by atoms with van der Waals surface area (Å²) in [5, 5.41) is 7.83. The third-order valence-corrected chi connectivity index (χ3v) is 5.27. The van der Waals surface area contributed by atoms with E-state index in [1.54, 1.807) is 23.0 Å².